The summed E-state index contributed by atoms with van der Waals surface area (Å²) in [5.74, 6) is -0.119. The molecule has 0 saturated heterocycles. The number of hydrogen-bond donors (Lipinski definition) is 3. The van der Waals surface area contributed by atoms with Crippen molar-refractivity contribution < 1.29 is 19.7 Å². The van der Waals surface area contributed by atoms with Gasteiger partial charge in [0.15, 0.2) is 0 Å². The lowest BCUT2D eigenvalue weighted by Gasteiger charge is -2.37. The van der Waals surface area contributed by atoms with Crippen LogP contribution < -0.4 is 5.32 Å². The molecule has 3 N–H and O–H groups in total. The Morgan fingerprint density at radius 3 is 2.22 bits per heavy atom. The minimum Gasteiger partial charge on any atom is -0.469 e. The van der Waals surface area contributed by atoms with Crippen LogP contribution in [0.1, 0.15) is 39.0 Å². The van der Waals surface area contributed by atoms with E-state index in [0.29, 0.717) is 6.42 Å². The van der Waals surface area contributed by atoms with Crippen LogP contribution in [0.15, 0.2) is 0 Å². The summed E-state index contributed by atoms with van der Waals surface area (Å²) in [5, 5.41) is 22.1. The number of carbonyl (C=O) groups is 1. The highest BCUT2D eigenvalue weighted by Crippen LogP contribution is 2.27. The van der Waals surface area contributed by atoms with Crippen LogP contribution in [0.5, 0.6) is 0 Å². The quantitative estimate of drug-likeness (QED) is 0.603. The highest BCUT2D eigenvalue weighted by Gasteiger charge is 2.33. The Balaban J connectivity index is 2.45. The predicted octanol–water partition coefficient (Wildman–Crippen LogP) is 0.441. The van der Waals surface area contributed by atoms with Crippen LogP contribution in [0.4, 0.5) is 0 Å². The van der Waals surface area contributed by atoms with Crippen LogP contribution in [0.2, 0.25) is 0 Å². The molecule has 0 radical (unpaired) electrons. The second kappa shape index (κ2) is 7.07. The molecule has 0 aromatic rings. The number of aliphatic hydroxyl groups excluding tert-OH is 2. The normalized spacial score (nSPS) is 24.9. The second-order valence-electron chi connectivity index (χ2n) is 5.17. The maximum atomic E-state index is 11.4. The molecule has 1 fully saturated rings. The van der Waals surface area contributed by atoms with Crippen molar-refractivity contribution >= 4 is 5.97 Å². The van der Waals surface area contributed by atoms with E-state index in [1.165, 1.54) is 7.11 Å². The molecule has 0 aromatic carbocycles. The molecular formula is C13H25NO4. The van der Waals surface area contributed by atoms with E-state index in [-0.39, 0.29) is 31.1 Å². The van der Waals surface area contributed by atoms with Gasteiger partial charge in [-0.2, -0.15) is 0 Å². The number of carbonyl (C=O) groups excluding carboxylic acids is 1. The van der Waals surface area contributed by atoms with Gasteiger partial charge in [0.25, 0.3) is 0 Å². The minimum atomic E-state index is -0.594. The second-order valence-corrected chi connectivity index (χ2v) is 5.17. The number of hydrogen-bond acceptors (Lipinski definition) is 5. The lowest BCUT2D eigenvalue weighted by atomic mass is 9.84. The molecular weight excluding hydrogens is 234 g/mol. The average Bonchev–Trinajstić information content (AvgIpc) is 2.45. The Hall–Kier alpha value is -0.650. The first-order chi connectivity index (χ1) is 8.60. The number of ether oxygens (including phenoxy) is 1. The number of rotatable bonds is 6. The Morgan fingerprint density at radius 1 is 1.28 bits per heavy atom. The summed E-state index contributed by atoms with van der Waals surface area (Å²) in [5.41, 5.74) is -0.594. The van der Waals surface area contributed by atoms with Gasteiger partial charge in [0.2, 0.25) is 0 Å². The fraction of sp³-hybridized carbons (Fsp3) is 0.923. The molecule has 106 valence electrons. The van der Waals surface area contributed by atoms with Crippen molar-refractivity contribution in [3.63, 3.8) is 0 Å². The molecule has 0 bridgehead atoms. The van der Waals surface area contributed by atoms with Crippen molar-refractivity contribution in [1.82, 2.24) is 5.32 Å². The number of aliphatic hydroxyl groups is 2. The molecule has 0 atom stereocenters. The molecule has 1 aliphatic carbocycles. The van der Waals surface area contributed by atoms with E-state index in [1.54, 1.807) is 0 Å². The van der Waals surface area contributed by atoms with E-state index < -0.39 is 5.54 Å². The van der Waals surface area contributed by atoms with E-state index >= 15 is 0 Å². The summed E-state index contributed by atoms with van der Waals surface area (Å²) >= 11 is 0. The van der Waals surface area contributed by atoms with Gasteiger partial charge < -0.3 is 20.3 Å². The third-order valence-corrected chi connectivity index (χ3v) is 4.05. The molecule has 0 heterocycles. The number of methoxy groups -OCH3 is 1. The number of esters is 1. The van der Waals surface area contributed by atoms with Crippen LogP contribution in [0, 0.1) is 5.92 Å². The molecule has 0 unspecified atom stereocenters. The van der Waals surface area contributed by atoms with E-state index in [1.807, 2.05) is 6.92 Å². The van der Waals surface area contributed by atoms with Crippen molar-refractivity contribution in [1.29, 1.82) is 0 Å². The van der Waals surface area contributed by atoms with E-state index in [9.17, 15) is 15.0 Å². The molecule has 0 aliphatic heterocycles. The Labute approximate surface area is 109 Å². The van der Waals surface area contributed by atoms with Gasteiger partial charge >= 0.3 is 5.97 Å². The summed E-state index contributed by atoms with van der Waals surface area (Å²) in [4.78, 5) is 11.4. The first-order valence-electron chi connectivity index (χ1n) is 6.68. The zero-order valence-electron chi connectivity index (χ0n) is 11.3. The predicted molar refractivity (Wildman–Crippen MR) is 68.1 cm³/mol. The van der Waals surface area contributed by atoms with Gasteiger partial charge in [-0.05, 0) is 32.1 Å². The molecule has 1 aliphatic rings. The molecule has 18 heavy (non-hydrogen) atoms. The van der Waals surface area contributed by atoms with Crippen molar-refractivity contribution in [2.75, 3.05) is 20.3 Å². The molecule has 5 nitrogen and oxygen atoms in total. The third kappa shape index (κ3) is 3.67. The average molecular weight is 259 g/mol. The maximum absolute atomic E-state index is 11.4. The zero-order chi connectivity index (χ0) is 13.6. The SMILES string of the molecule is CCC(CO)(CO)NC1CCC(C(=O)OC)CC1. The largest absolute Gasteiger partial charge is 0.469 e. The van der Waals surface area contributed by atoms with Crippen LogP contribution >= 0.6 is 0 Å². The van der Waals surface area contributed by atoms with Gasteiger partial charge in [0.05, 0.1) is 31.8 Å². The topological polar surface area (TPSA) is 78.8 Å². The molecule has 5 heteroatoms. The highest BCUT2D eigenvalue weighted by atomic mass is 16.5. The Bertz CT molecular complexity index is 249. The first kappa shape index (κ1) is 15.4. The smallest absolute Gasteiger partial charge is 0.308 e. The summed E-state index contributed by atoms with van der Waals surface area (Å²) in [7, 11) is 1.42. The van der Waals surface area contributed by atoms with E-state index in [2.05, 4.69) is 5.32 Å². The van der Waals surface area contributed by atoms with Gasteiger partial charge in [-0.25, -0.2) is 0 Å². The zero-order valence-corrected chi connectivity index (χ0v) is 11.3. The van der Waals surface area contributed by atoms with Crippen LogP contribution in [0.3, 0.4) is 0 Å². The van der Waals surface area contributed by atoms with Crippen LogP contribution in [0.25, 0.3) is 0 Å². The van der Waals surface area contributed by atoms with Gasteiger partial charge in [0, 0.05) is 6.04 Å². The molecule has 0 aromatic heterocycles. The lowest BCUT2D eigenvalue weighted by Crippen LogP contribution is -2.56. The molecule has 1 rings (SSSR count). The Kier molecular flexibility index (Phi) is 6.05. The van der Waals surface area contributed by atoms with E-state index in [0.717, 1.165) is 25.7 Å². The van der Waals surface area contributed by atoms with Crippen molar-refractivity contribution in [3.8, 4) is 0 Å². The van der Waals surface area contributed by atoms with Crippen molar-refractivity contribution in [2.45, 2.75) is 50.6 Å². The third-order valence-electron chi connectivity index (χ3n) is 4.05. The standard InChI is InChI=1S/C13H25NO4/c1-3-13(8-15,9-16)14-11-6-4-10(5-7-11)12(17)18-2/h10-11,14-16H,3-9H2,1-2H3. The van der Waals surface area contributed by atoms with Gasteiger partial charge in [-0.15, -0.1) is 0 Å². The van der Waals surface area contributed by atoms with Crippen molar-refractivity contribution in [3.05, 3.63) is 0 Å². The summed E-state index contributed by atoms with van der Waals surface area (Å²) in [6.45, 7) is 1.80. The van der Waals surface area contributed by atoms with Gasteiger partial charge in [-0.3, -0.25) is 4.79 Å². The van der Waals surface area contributed by atoms with Crippen molar-refractivity contribution in [2.24, 2.45) is 5.92 Å². The fourth-order valence-electron chi connectivity index (χ4n) is 2.54. The monoisotopic (exact) mass is 259 g/mol. The lowest BCUT2D eigenvalue weighted by molar-refractivity contribution is -0.146. The maximum Gasteiger partial charge on any atom is 0.308 e. The fourth-order valence-corrected chi connectivity index (χ4v) is 2.54. The summed E-state index contributed by atoms with van der Waals surface area (Å²) in [6.07, 6.45) is 4.04. The van der Waals surface area contributed by atoms with Crippen LogP contribution in [-0.2, 0) is 9.53 Å². The summed E-state index contributed by atoms with van der Waals surface area (Å²) in [6, 6.07) is 0.255. The molecule has 0 spiro atoms. The minimum absolute atomic E-state index is 0.00679. The first-order valence-corrected chi connectivity index (χ1v) is 6.68. The summed E-state index contributed by atoms with van der Waals surface area (Å²) < 4.78 is 4.75. The van der Waals surface area contributed by atoms with Gasteiger partial charge in [0.1, 0.15) is 0 Å². The number of nitrogens with one attached hydrogen (secondary N) is 1. The molecule has 0 amide bonds. The van der Waals surface area contributed by atoms with Gasteiger partial charge in [-0.1, -0.05) is 6.92 Å². The van der Waals surface area contributed by atoms with E-state index in [4.69, 9.17) is 4.74 Å². The molecule has 1 saturated carbocycles. The van der Waals surface area contributed by atoms with Crippen LogP contribution in [-0.4, -0.2) is 48.1 Å². The Morgan fingerprint density at radius 2 is 1.83 bits per heavy atom. The highest BCUT2D eigenvalue weighted by molar-refractivity contribution is 5.72.